The fourth-order valence-electron chi connectivity index (χ4n) is 2.94. The number of nitrogens with zero attached hydrogens (tertiary/aromatic N) is 1. The number of ether oxygens (including phenoxy) is 1. The third-order valence-corrected chi connectivity index (χ3v) is 4.46. The van der Waals surface area contributed by atoms with Crippen LogP contribution in [0.5, 0.6) is 5.75 Å². The van der Waals surface area contributed by atoms with Crippen LogP contribution in [0.15, 0.2) is 42.5 Å². The van der Waals surface area contributed by atoms with E-state index >= 15 is 0 Å². The molecule has 2 aromatic carbocycles. The third kappa shape index (κ3) is 4.98. The highest BCUT2D eigenvalue weighted by atomic mass is 35.5. The molecule has 142 valence electrons. The van der Waals surface area contributed by atoms with Crippen molar-refractivity contribution in [3.8, 4) is 5.75 Å². The second kappa shape index (κ2) is 8.39. The zero-order chi connectivity index (χ0) is 19.4. The molecule has 1 aliphatic rings. The van der Waals surface area contributed by atoms with Crippen LogP contribution in [0.1, 0.15) is 25.3 Å². The Balaban J connectivity index is 1.56. The lowest BCUT2D eigenvalue weighted by Gasteiger charge is -2.33. The normalized spacial score (nSPS) is 15.7. The standard InChI is InChI=1S/C20H20ClFN2O3/c1-13-12-24(17-10-15(21)5-6-18(17)27-13)20(26)8-7-19(25)23-11-14-3-2-4-16(22)9-14/h2-6,9-10,13H,7-8,11-12H2,1H3,(H,23,25)/t13-/m0/s1. The van der Waals surface area contributed by atoms with Gasteiger partial charge in [-0.15, -0.1) is 0 Å². The highest BCUT2D eigenvalue weighted by Crippen LogP contribution is 2.36. The molecular formula is C20H20ClFN2O3. The number of carbonyl (C=O) groups excluding carboxylic acids is 2. The van der Waals surface area contributed by atoms with E-state index in [2.05, 4.69) is 5.32 Å². The Morgan fingerprint density at radius 2 is 2.07 bits per heavy atom. The first-order chi connectivity index (χ1) is 12.9. The molecule has 1 aliphatic heterocycles. The molecule has 0 saturated carbocycles. The Morgan fingerprint density at radius 3 is 2.85 bits per heavy atom. The van der Waals surface area contributed by atoms with Crippen LogP contribution in [0.4, 0.5) is 10.1 Å². The molecule has 1 N–H and O–H groups in total. The molecule has 27 heavy (non-hydrogen) atoms. The zero-order valence-corrected chi connectivity index (χ0v) is 15.6. The average molecular weight is 391 g/mol. The van der Waals surface area contributed by atoms with E-state index in [9.17, 15) is 14.0 Å². The van der Waals surface area contributed by atoms with Crippen molar-refractivity contribution in [2.24, 2.45) is 0 Å². The molecule has 0 aromatic heterocycles. The van der Waals surface area contributed by atoms with E-state index in [1.54, 1.807) is 35.2 Å². The number of rotatable bonds is 5. The summed E-state index contributed by atoms with van der Waals surface area (Å²) in [5, 5.41) is 3.21. The maximum Gasteiger partial charge on any atom is 0.227 e. The molecule has 0 aliphatic carbocycles. The van der Waals surface area contributed by atoms with Crippen LogP contribution in [0.2, 0.25) is 5.02 Å². The van der Waals surface area contributed by atoms with Gasteiger partial charge in [0.05, 0.1) is 12.2 Å². The van der Waals surface area contributed by atoms with Gasteiger partial charge >= 0.3 is 0 Å². The van der Waals surface area contributed by atoms with Crippen LogP contribution in [0.3, 0.4) is 0 Å². The average Bonchev–Trinajstić information content (AvgIpc) is 2.64. The van der Waals surface area contributed by atoms with Crippen molar-refractivity contribution < 1.29 is 18.7 Å². The van der Waals surface area contributed by atoms with Gasteiger partial charge in [-0.05, 0) is 42.8 Å². The molecule has 0 radical (unpaired) electrons. The SMILES string of the molecule is C[C@H]1CN(C(=O)CCC(=O)NCc2cccc(F)c2)c2cc(Cl)ccc2O1. The van der Waals surface area contributed by atoms with E-state index < -0.39 is 0 Å². The Hall–Kier alpha value is -2.60. The number of halogens is 2. The Bertz CT molecular complexity index is 859. The Morgan fingerprint density at radius 1 is 1.26 bits per heavy atom. The van der Waals surface area contributed by atoms with E-state index in [4.69, 9.17) is 16.3 Å². The largest absolute Gasteiger partial charge is 0.487 e. The molecule has 2 amide bonds. The zero-order valence-electron chi connectivity index (χ0n) is 14.9. The number of hydrogen-bond acceptors (Lipinski definition) is 3. The van der Waals surface area contributed by atoms with Crippen molar-refractivity contribution in [2.75, 3.05) is 11.4 Å². The van der Waals surface area contributed by atoms with Gasteiger partial charge in [-0.25, -0.2) is 4.39 Å². The van der Waals surface area contributed by atoms with Gasteiger partial charge < -0.3 is 15.0 Å². The highest BCUT2D eigenvalue weighted by Gasteiger charge is 2.27. The molecule has 0 saturated heterocycles. The number of amides is 2. The minimum Gasteiger partial charge on any atom is -0.487 e. The first-order valence-electron chi connectivity index (χ1n) is 8.70. The predicted molar refractivity (Wildman–Crippen MR) is 101 cm³/mol. The molecule has 0 unspecified atom stereocenters. The summed E-state index contributed by atoms with van der Waals surface area (Å²) in [6.45, 7) is 2.50. The van der Waals surface area contributed by atoms with Crippen LogP contribution < -0.4 is 15.0 Å². The summed E-state index contributed by atoms with van der Waals surface area (Å²) in [5.41, 5.74) is 1.28. The van der Waals surface area contributed by atoms with Gasteiger partial charge in [0.25, 0.3) is 0 Å². The number of nitrogens with one attached hydrogen (secondary N) is 1. The van der Waals surface area contributed by atoms with Gasteiger partial charge in [-0.3, -0.25) is 9.59 Å². The van der Waals surface area contributed by atoms with Crippen molar-refractivity contribution >= 4 is 29.1 Å². The second-order valence-electron chi connectivity index (χ2n) is 6.45. The van der Waals surface area contributed by atoms with Crippen LogP contribution in [0, 0.1) is 5.82 Å². The topological polar surface area (TPSA) is 58.6 Å². The van der Waals surface area contributed by atoms with E-state index in [1.807, 2.05) is 6.92 Å². The molecule has 1 heterocycles. The van der Waals surface area contributed by atoms with E-state index in [1.165, 1.54) is 12.1 Å². The lowest BCUT2D eigenvalue weighted by molar-refractivity contribution is -0.125. The molecule has 5 nitrogen and oxygen atoms in total. The van der Waals surface area contributed by atoms with Crippen LogP contribution in [-0.2, 0) is 16.1 Å². The van der Waals surface area contributed by atoms with Crippen molar-refractivity contribution in [1.82, 2.24) is 5.32 Å². The molecule has 0 bridgehead atoms. The maximum absolute atomic E-state index is 13.2. The number of hydrogen-bond donors (Lipinski definition) is 1. The molecule has 0 spiro atoms. The molecule has 2 aromatic rings. The monoisotopic (exact) mass is 390 g/mol. The summed E-state index contributed by atoms with van der Waals surface area (Å²) >= 11 is 6.04. The fraction of sp³-hybridized carbons (Fsp3) is 0.300. The van der Waals surface area contributed by atoms with Crippen molar-refractivity contribution in [1.29, 1.82) is 0 Å². The van der Waals surface area contributed by atoms with Crippen LogP contribution in [-0.4, -0.2) is 24.5 Å². The van der Waals surface area contributed by atoms with Crippen molar-refractivity contribution in [3.05, 3.63) is 58.9 Å². The molecule has 7 heteroatoms. The van der Waals surface area contributed by atoms with Gasteiger partial charge in [0.1, 0.15) is 17.7 Å². The first-order valence-corrected chi connectivity index (χ1v) is 9.08. The quantitative estimate of drug-likeness (QED) is 0.847. The third-order valence-electron chi connectivity index (χ3n) is 4.23. The minimum atomic E-state index is -0.351. The minimum absolute atomic E-state index is 0.0514. The van der Waals surface area contributed by atoms with E-state index in [0.717, 1.165) is 0 Å². The second-order valence-corrected chi connectivity index (χ2v) is 6.89. The van der Waals surface area contributed by atoms with E-state index in [-0.39, 0.29) is 43.1 Å². The summed E-state index contributed by atoms with van der Waals surface area (Å²) < 4.78 is 18.9. The van der Waals surface area contributed by atoms with Gasteiger partial charge in [0, 0.05) is 24.4 Å². The van der Waals surface area contributed by atoms with Crippen molar-refractivity contribution in [2.45, 2.75) is 32.4 Å². The smallest absolute Gasteiger partial charge is 0.227 e. The lowest BCUT2D eigenvalue weighted by atomic mass is 10.1. The lowest BCUT2D eigenvalue weighted by Crippen LogP contribution is -2.42. The highest BCUT2D eigenvalue weighted by molar-refractivity contribution is 6.31. The summed E-state index contributed by atoms with van der Waals surface area (Å²) in [5.74, 6) is -0.187. The number of benzene rings is 2. The van der Waals surface area contributed by atoms with Crippen molar-refractivity contribution in [3.63, 3.8) is 0 Å². The van der Waals surface area contributed by atoms with Gasteiger partial charge in [-0.1, -0.05) is 23.7 Å². The number of fused-ring (bicyclic) bond motifs is 1. The van der Waals surface area contributed by atoms with Gasteiger partial charge in [0.2, 0.25) is 11.8 Å². The molecule has 1 atom stereocenters. The summed E-state index contributed by atoms with van der Waals surface area (Å²) in [6, 6.07) is 11.1. The number of anilines is 1. The predicted octanol–water partition coefficient (Wildman–Crippen LogP) is 3.69. The summed E-state index contributed by atoms with van der Waals surface area (Å²) in [6.07, 6.45) is -0.0341. The molecule has 0 fully saturated rings. The van der Waals surface area contributed by atoms with Gasteiger partial charge in [0.15, 0.2) is 0 Å². The summed E-state index contributed by atoms with van der Waals surface area (Å²) in [4.78, 5) is 26.3. The molecular weight excluding hydrogens is 371 g/mol. The Kier molecular flexibility index (Phi) is 5.96. The van der Waals surface area contributed by atoms with E-state index in [0.29, 0.717) is 28.6 Å². The fourth-order valence-corrected chi connectivity index (χ4v) is 3.10. The van der Waals surface area contributed by atoms with Crippen LogP contribution >= 0.6 is 11.6 Å². The van der Waals surface area contributed by atoms with Gasteiger partial charge in [-0.2, -0.15) is 0 Å². The maximum atomic E-state index is 13.2. The number of carbonyl (C=O) groups is 2. The first kappa shape index (κ1) is 19.2. The molecule has 3 rings (SSSR count). The van der Waals surface area contributed by atoms with Crippen LogP contribution in [0.25, 0.3) is 0 Å². The Labute approximate surface area is 162 Å². The summed E-state index contributed by atoms with van der Waals surface area (Å²) in [7, 11) is 0.